The summed E-state index contributed by atoms with van der Waals surface area (Å²) in [5.74, 6) is 0.147. The van der Waals surface area contributed by atoms with Gasteiger partial charge in [0.1, 0.15) is 0 Å². The Balaban J connectivity index is 1.63. The summed E-state index contributed by atoms with van der Waals surface area (Å²) in [6.07, 6.45) is 6.93. The van der Waals surface area contributed by atoms with Crippen LogP contribution in [0.2, 0.25) is 0 Å². The third kappa shape index (κ3) is 1.61. The van der Waals surface area contributed by atoms with Crippen molar-refractivity contribution in [1.82, 2.24) is 14.1 Å². The average molecular weight is 323 g/mol. The van der Waals surface area contributed by atoms with Crippen molar-refractivity contribution in [3.63, 3.8) is 0 Å². The van der Waals surface area contributed by atoms with Crippen molar-refractivity contribution in [2.75, 3.05) is 0 Å². The molecule has 1 saturated heterocycles. The van der Waals surface area contributed by atoms with E-state index in [0.29, 0.717) is 5.69 Å². The van der Waals surface area contributed by atoms with Gasteiger partial charge < -0.3 is 19.5 Å². The summed E-state index contributed by atoms with van der Waals surface area (Å²) in [4.78, 5) is 4.04. The first-order valence-electron chi connectivity index (χ1n) is 8.02. The van der Waals surface area contributed by atoms with E-state index >= 15 is 0 Å². The molecule has 24 heavy (non-hydrogen) atoms. The third-order valence-electron chi connectivity index (χ3n) is 5.20. The van der Waals surface area contributed by atoms with Crippen LogP contribution < -0.4 is 0 Å². The van der Waals surface area contributed by atoms with Gasteiger partial charge in [-0.2, -0.15) is 0 Å². The van der Waals surface area contributed by atoms with Gasteiger partial charge in [0.15, 0.2) is 0 Å². The van der Waals surface area contributed by atoms with Crippen molar-refractivity contribution in [3.05, 3.63) is 54.1 Å². The first-order chi connectivity index (χ1) is 11.6. The minimum absolute atomic E-state index is 0.0718. The Morgan fingerprint density at radius 2 is 1.92 bits per heavy atom. The fraction of sp³-hybridized carbons (Fsp3) is 0.278. The lowest BCUT2D eigenvalue weighted by molar-refractivity contribution is -0.00959. The monoisotopic (exact) mass is 323 g/mol. The minimum Gasteiger partial charge on any atom is -0.494 e. The van der Waals surface area contributed by atoms with E-state index < -0.39 is 5.60 Å². The zero-order chi connectivity index (χ0) is 16.5. The molecule has 0 unspecified atom stereocenters. The number of fused-ring (bicyclic) bond motifs is 5. The Hall–Kier alpha value is -2.73. The maximum Gasteiger partial charge on any atom is 0.205 e. The molecule has 2 atom stereocenters. The Labute approximate surface area is 138 Å². The van der Waals surface area contributed by atoms with Crippen molar-refractivity contribution < 1.29 is 14.9 Å². The summed E-state index contributed by atoms with van der Waals surface area (Å²) in [5, 5.41) is 21.4. The van der Waals surface area contributed by atoms with Gasteiger partial charge in [0.25, 0.3) is 0 Å². The van der Waals surface area contributed by atoms with Crippen LogP contribution in [0.3, 0.4) is 0 Å². The van der Waals surface area contributed by atoms with Crippen molar-refractivity contribution in [1.29, 1.82) is 0 Å². The molecule has 6 heteroatoms. The largest absolute Gasteiger partial charge is 0.494 e. The second-order valence-electron chi connectivity index (χ2n) is 6.63. The third-order valence-corrected chi connectivity index (χ3v) is 5.20. The van der Waals surface area contributed by atoms with E-state index in [0.717, 1.165) is 29.7 Å². The van der Waals surface area contributed by atoms with E-state index in [4.69, 9.17) is 4.74 Å². The van der Waals surface area contributed by atoms with Gasteiger partial charge in [-0.1, -0.05) is 0 Å². The molecule has 0 aliphatic carbocycles. The molecule has 4 heterocycles. The topological polar surface area (TPSA) is 72.4 Å². The van der Waals surface area contributed by atoms with Gasteiger partial charge in [-0.25, -0.2) is 4.98 Å². The number of aromatic hydroxyl groups is 2. The SMILES string of the molecule is C[C@@]12CC[C@@H](O1)c1c2c(O)n(-c2ccc(-n3ccnc3)cc2)c1O. The maximum absolute atomic E-state index is 10.7. The molecule has 0 saturated carbocycles. The van der Waals surface area contributed by atoms with Gasteiger partial charge in [0.2, 0.25) is 11.8 Å². The zero-order valence-electron chi connectivity index (χ0n) is 13.2. The molecule has 5 rings (SSSR count). The van der Waals surface area contributed by atoms with Crippen LogP contribution in [0.15, 0.2) is 43.0 Å². The molecule has 2 bridgehead atoms. The molecule has 2 aliphatic rings. The van der Waals surface area contributed by atoms with Crippen LogP contribution in [0.25, 0.3) is 11.4 Å². The molecule has 1 fully saturated rings. The minimum atomic E-state index is -0.496. The lowest BCUT2D eigenvalue weighted by Crippen LogP contribution is -2.16. The van der Waals surface area contributed by atoms with E-state index in [1.54, 1.807) is 12.5 Å². The number of ether oxygens (including phenoxy) is 1. The number of benzene rings is 1. The maximum atomic E-state index is 10.7. The van der Waals surface area contributed by atoms with E-state index in [2.05, 4.69) is 4.98 Å². The quantitative estimate of drug-likeness (QED) is 0.760. The van der Waals surface area contributed by atoms with Crippen molar-refractivity contribution in [2.45, 2.75) is 31.5 Å². The summed E-state index contributed by atoms with van der Waals surface area (Å²) in [5.41, 5.74) is 2.65. The van der Waals surface area contributed by atoms with Gasteiger partial charge in [0, 0.05) is 18.1 Å². The number of hydrogen-bond acceptors (Lipinski definition) is 4. The highest BCUT2D eigenvalue weighted by Crippen LogP contribution is 2.61. The molecule has 122 valence electrons. The molecule has 2 aromatic heterocycles. The standard InChI is InChI=1S/C18H17N3O3/c1-18-7-6-13(24-18)14-15(18)17(23)21(16(14)22)12-4-2-11(3-5-12)20-9-8-19-10-20/h2-5,8-10,13,22-23H,6-7H2,1H3/t13-,18+/m1/s1. The van der Waals surface area contributed by atoms with Crippen LogP contribution in [-0.2, 0) is 10.3 Å². The Kier molecular flexibility index (Phi) is 2.52. The van der Waals surface area contributed by atoms with Gasteiger partial charge in [-0.3, -0.25) is 4.57 Å². The van der Waals surface area contributed by atoms with Crippen LogP contribution >= 0.6 is 0 Å². The van der Waals surface area contributed by atoms with Crippen molar-refractivity contribution in [2.24, 2.45) is 0 Å². The normalized spacial score (nSPS) is 24.5. The van der Waals surface area contributed by atoms with E-state index in [-0.39, 0.29) is 17.9 Å². The molecular weight excluding hydrogens is 306 g/mol. The highest BCUT2D eigenvalue weighted by Gasteiger charge is 2.53. The Morgan fingerprint density at radius 1 is 1.17 bits per heavy atom. The number of rotatable bonds is 2. The van der Waals surface area contributed by atoms with E-state index in [1.165, 1.54) is 4.57 Å². The summed E-state index contributed by atoms with van der Waals surface area (Å²) < 4.78 is 9.35. The smallest absolute Gasteiger partial charge is 0.205 e. The Bertz CT molecular complexity index is 928. The van der Waals surface area contributed by atoms with Gasteiger partial charge in [-0.05, 0) is 44.0 Å². The summed E-state index contributed by atoms with van der Waals surface area (Å²) in [6.45, 7) is 1.98. The van der Waals surface area contributed by atoms with Crippen molar-refractivity contribution >= 4 is 0 Å². The lowest BCUT2D eigenvalue weighted by atomic mass is 9.86. The van der Waals surface area contributed by atoms with Crippen LogP contribution in [0.5, 0.6) is 11.8 Å². The van der Waals surface area contributed by atoms with Crippen molar-refractivity contribution in [3.8, 4) is 23.1 Å². The molecule has 0 radical (unpaired) electrons. The fourth-order valence-corrected chi connectivity index (χ4v) is 4.05. The second-order valence-corrected chi connectivity index (χ2v) is 6.63. The summed E-state index contributed by atoms with van der Waals surface area (Å²) >= 11 is 0. The number of nitrogens with zero attached hydrogens (tertiary/aromatic N) is 3. The fourth-order valence-electron chi connectivity index (χ4n) is 4.05. The Morgan fingerprint density at radius 3 is 2.58 bits per heavy atom. The van der Waals surface area contributed by atoms with E-state index in [1.807, 2.05) is 42.0 Å². The highest BCUT2D eigenvalue weighted by molar-refractivity contribution is 5.59. The molecule has 6 nitrogen and oxygen atoms in total. The molecule has 2 aliphatic heterocycles. The van der Waals surface area contributed by atoms with Gasteiger partial charge >= 0.3 is 0 Å². The molecular formula is C18H17N3O3. The predicted octanol–water partition coefficient (Wildman–Crippen LogP) is 3.15. The van der Waals surface area contributed by atoms with E-state index in [9.17, 15) is 10.2 Å². The van der Waals surface area contributed by atoms with Gasteiger partial charge in [-0.15, -0.1) is 0 Å². The van der Waals surface area contributed by atoms with Crippen LogP contribution in [0.4, 0.5) is 0 Å². The zero-order valence-corrected chi connectivity index (χ0v) is 13.2. The molecule has 0 spiro atoms. The first kappa shape index (κ1) is 13.7. The average Bonchev–Trinajstić information content (AvgIpc) is 3.31. The van der Waals surface area contributed by atoms with Crippen LogP contribution in [0, 0.1) is 0 Å². The van der Waals surface area contributed by atoms with Crippen LogP contribution in [-0.4, -0.2) is 24.3 Å². The number of imidazole rings is 1. The summed E-state index contributed by atoms with van der Waals surface area (Å²) in [6, 6.07) is 7.59. The second kappa shape index (κ2) is 4.42. The lowest BCUT2D eigenvalue weighted by Gasteiger charge is -2.19. The predicted molar refractivity (Wildman–Crippen MR) is 86.6 cm³/mol. The van der Waals surface area contributed by atoms with Crippen LogP contribution in [0.1, 0.15) is 37.0 Å². The summed E-state index contributed by atoms with van der Waals surface area (Å²) in [7, 11) is 0. The van der Waals surface area contributed by atoms with Gasteiger partial charge in [0.05, 0.1) is 34.8 Å². The number of aromatic nitrogens is 3. The number of hydrogen-bond donors (Lipinski definition) is 2. The molecule has 3 aromatic rings. The molecule has 1 aromatic carbocycles. The molecule has 2 N–H and O–H groups in total. The first-order valence-corrected chi connectivity index (χ1v) is 8.02. The highest BCUT2D eigenvalue weighted by atomic mass is 16.5. The molecule has 0 amide bonds.